The number of carbonyl (C=O) groups excluding carboxylic acids is 2. The highest BCUT2D eigenvalue weighted by atomic mass is 79.9. The number of rotatable bonds is 12. The second kappa shape index (κ2) is 13.3. The van der Waals surface area contributed by atoms with Gasteiger partial charge in [-0.25, -0.2) is 0 Å². The van der Waals surface area contributed by atoms with E-state index >= 15 is 0 Å². The molecular formula is C24H30BrClN2O4. The van der Waals surface area contributed by atoms with E-state index in [0.717, 1.165) is 24.2 Å². The number of hydrogen-bond acceptors (Lipinski definition) is 4. The van der Waals surface area contributed by atoms with Gasteiger partial charge >= 0.3 is 0 Å². The van der Waals surface area contributed by atoms with Crippen LogP contribution in [0.4, 0.5) is 0 Å². The van der Waals surface area contributed by atoms with Gasteiger partial charge in [-0.3, -0.25) is 9.59 Å². The normalized spacial score (nSPS) is 11.5. The number of methoxy groups -OCH3 is 1. The van der Waals surface area contributed by atoms with Gasteiger partial charge in [0.15, 0.2) is 6.61 Å². The van der Waals surface area contributed by atoms with Gasteiger partial charge in [0.2, 0.25) is 5.91 Å². The first-order valence-corrected chi connectivity index (χ1v) is 11.8. The van der Waals surface area contributed by atoms with Crippen molar-refractivity contribution < 1.29 is 19.1 Å². The number of nitrogens with zero attached hydrogens (tertiary/aromatic N) is 1. The van der Waals surface area contributed by atoms with Gasteiger partial charge < -0.3 is 19.7 Å². The average Bonchev–Trinajstić information content (AvgIpc) is 2.78. The van der Waals surface area contributed by atoms with Crippen molar-refractivity contribution in [2.75, 3.05) is 20.3 Å². The molecule has 0 saturated heterocycles. The van der Waals surface area contributed by atoms with Crippen LogP contribution < -0.4 is 14.8 Å². The second-order valence-corrected chi connectivity index (χ2v) is 8.59. The van der Waals surface area contributed by atoms with Crippen molar-refractivity contribution in [2.45, 2.75) is 45.7 Å². The van der Waals surface area contributed by atoms with E-state index in [9.17, 15) is 9.59 Å². The summed E-state index contributed by atoms with van der Waals surface area (Å²) in [5, 5.41) is 3.51. The molecule has 0 aliphatic rings. The number of hydrogen-bond donors (Lipinski definition) is 1. The standard InChI is InChI=1S/C24H30BrClN2O4/c1-4-6-13-27-24(30)21(5-2)28(15-17-7-10-19(31-3)11-8-17)23(29)16-32-22-12-9-18(26)14-20(22)25/h7-12,14,21H,4-6,13,15-16H2,1-3H3,(H,27,30). The summed E-state index contributed by atoms with van der Waals surface area (Å²) < 4.78 is 11.6. The van der Waals surface area contributed by atoms with Crippen molar-refractivity contribution in [3.63, 3.8) is 0 Å². The van der Waals surface area contributed by atoms with Gasteiger partial charge in [0, 0.05) is 18.1 Å². The van der Waals surface area contributed by atoms with Crippen LogP contribution in [-0.2, 0) is 16.1 Å². The van der Waals surface area contributed by atoms with Gasteiger partial charge in [0.05, 0.1) is 11.6 Å². The minimum atomic E-state index is -0.598. The monoisotopic (exact) mass is 524 g/mol. The van der Waals surface area contributed by atoms with Crippen molar-refractivity contribution in [3.8, 4) is 11.5 Å². The Morgan fingerprint density at radius 3 is 2.47 bits per heavy atom. The number of carbonyl (C=O) groups is 2. The fourth-order valence-electron chi connectivity index (χ4n) is 3.17. The summed E-state index contributed by atoms with van der Waals surface area (Å²) in [6.07, 6.45) is 2.36. The zero-order valence-electron chi connectivity index (χ0n) is 18.7. The average molecular weight is 526 g/mol. The molecule has 0 aromatic heterocycles. The van der Waals surface area contributed by atoms with Crippen LogP contribution >= 0.6 is 27.5 Å². The molecule has 32 heavy (non-hydrogen) atoms. The number of benzene rings is 2. The quantitative estimate of drug-likeness (QED) is 0.386. The Hall–Kier alpha value is -2.25. The largest absolute Gasteiger partial charge is 0.497 e. The van der Waals surface area contributed by atoms with E-state index in [0.29, 0.717) is 28.2 Å². The fraction of sp³-hybridized carbons (Fsp3) is 0.417. The molecule has 0 heterocycles. The summed E-state index contributed by atoms with van der Waals surface area (Å²) in [7, 11) is 1.60. The lowest BCUT2D eigenvalue weighted by atomic mass is 10.1. The Balaban J connectivity index is 2.19. The van der Waals surface area contributed by atoms with E-state index in [4.69, 9.17) is 21.1 Å². The van der Waals surface area contributed by atoms with Crippen LogP contribution in [-0.4, -0.2) is 43.0 Å². The van der Waals surface area contributed by atoms with Gasteiger partial charge in [-0.2, -0.15) is 0 Å². The summed E-state index contributed by atoms with van der Waals surface area (Å²) >= 11 is 9.37. The Morgan fingerprint density at radius 1 is 1.16 bits per heavy atom. The van der Waals surface area contributed by atoms with Gasteiger partial charge in [-0.15, -0.1) is 0 Å². The Labute approximate surface area is 203 Å². The minimum absolute atomic E-state index is 0.157. The maximum Gasteiger partial charge on any atom is 0.261 e. The van der Waals surface area contributed by atoms with Crippen molar-refractivity contribution in [2.24, 2.45) is 0 Å². The third-order valence-electron chi connectivity index (χ3n) is 4.97. The fourth-order valence-corrected chi connectivity index (χ4v) is 3.97. The molecule has 0 saturated carbocycles. The predicted molar refractivity (Wildman–Crippen MR) is 130 cm³/mol. The van der Waals surface area contributed by atoms with Gasteiger partial charge in [0.1, 0.15) is 17.5 Å². The zero-order chi connectivity index (χ0) is 23.5. The summed E-state index contributed by atoms with van der Waals surface area (Å²) in [4.78, 5) is 27.7. The van der Waals surface area contributed by atoms with E-state index < -0.39 is 6.04 Å². The van der Waals surface area contributed by atoms with Crippen LogP contribution in [0.5, 0.6) is 11.5 Å². The molecule has 2 rings (SSSR count). The van der Waals surface area contributed by atoms with Crippen molar-refractivity contribution >= 4 is 39.3 Å². The van der Waals surface area contributed by atoms with Crippen LogP contribution in [0.3, 0.4) is 0 Å². The molecule has 1 unspecified atom stereocenters. The van der Waals surface area contributed by atoms with Crippen LogP contribution in [0.25, 0.3) is 0 Å². The highest BCUT2D eigenvalue weighted by Crippen LogP contribution is 2.28. The lowest BCUT2D eigenvalue weighted by molar-refractivity contribution is -0.143. The predicted octanol–water partition coefficient (Wildman–Crippen LogP) is 5.21. The third-order valence-corrected chi connectivity index (χ3v) is 5.83. The van der Waals surface area contributed by atoms with E-state index in [-0.39, 0.29) is 25.0 Å². The van der Waals surface area contributed by atoms with Crippen LogP contribution in [0, 0.1) is 0 Å². The number of amides is 2. The maximum absolute atomic E-state index is 13.2. The Morgan fingerprint density at radius 2 is 1.88 bits per heavy atom. The molecule has 6 nitrogen and oxygen atoms in total. The van der Waals surface area contributed by atoms with Crippen molar-refractivity contribution in [3.05, 3.63) is 57.5 Å². The molecule has 0 aliphatic heterocycles. The number of halogens is 2. The van der Waals surface area contributed by atoms with Crippen LogP contribution in [0.1, 0.15) is 38.7 Å². The number of ether oxygens (including phenoxy) is 2. The van der Waals surface area contributed by atoms with E-state index in [1.54, 1.807) is 30.2 Å². The Kier molecular flexibility index (Phi) is 10.8. The molecule has 1 atom stereocenters. The first kappa shape index (κ1) is 26.0. The first-order valence-electron chi connectivity index (χ1n) is 10.7. The topological polar surface area (TPSA) is 67.9 Å². The number of unbranched alkanes of at least 4 members (excludes halogenated alkanes) is 1. The smallest absolute Gasteiger partial charge is 0.261 e. The highest BCUT2D eigenvalue weighted by Gasteiger charge is 2.29. The molecule has 1 N–H and O–H groups in total. The first-order chi connectivity index (χ1) is 15.4. The molecule has 0 spiro atoms. The van der Waals surface area contributed by atoms with Crippen molar-refractivity contribution in [1.29, 1.82) is 0 Å². The third kappa shape index (κ3) is 7.71. The van der Waals surface area contributed by atoms with Gasteiger partial charge in [0.25, 0.3) is 5.91 Å². The minimum Gasteiger partial charge on any atom is -0.497 e. The maximum atomic E-state index is 13.2. The summed E-state index contributed by atoms with van der Waals surface area (Å²) in [5.41, 5.74) is 0.895. The molecule has 0 radical (unpaired) electrons. The number of nitrogens with one attached hydrogen (secondary N) is 1. The molecule has 2 amide bonds. The van der Waals surface area contributed by atoms with Gasteiger partial charge in [-0.05, 0) is 64.7 Å². The molecule has 0 fully saturated rings. The molecule has 8 heteroatoms. The Bertz CT molecular complexity index is 892. The summed E-state index contributed by atoms with van der Waals surface area (Å²) in [5.74, 6) is 0.801. The zero-order valence-corrected chi connectivity index (χ0v) is 21.0. The lowest BCUT2D eigenvalue weighted by Crippen LogP contribution is -2.50. The molecule has 2 aromatic carbocycles. The highest BCUT2D eigenvalue weighted by molar-refractivity contribution is 9.10. The molecule has 174 valence electrons. The van der Waals surface area contributed by atoms with E-state index in [1.165, 1.54) is 0 Å². The molecular weight excluding hydrogens is 496 g/mol. The second-order valence-electron chi connectivity index (χ2n) is 7.30. The molecule has 2 aromatic rings. The van der Waals surface area contributed by atoms with E-state index in [1.807, 2.05) is 31.2 Å². The van der Waals surface area contributed by atoms with Crippen molar-refractivity contribution in [1.82, 2.24) is 10.2 Å². The van der Waals surface area contributed by atoms with Crippen LogP contribution in [0.15, 0.2) is 46.9 Å². The SMILES string of the molecule is CCCCNC(=O)C(CC)N(Cc1ccc(OC)cc1)C(=O)COc1ccc(Cl)cc1Br. The summed E-state index contributed by atoms with van der Waals surface area (Å²) in [6, 6.07) is 11.9. The lowest BCUT2D eigenvalue weighted by Gasteiger charge is -2.30. The van der Waals surface area contributed by atoms with Crippen LogP contribution in [0.2, 0.25) is 5.02 Å². The molecule has 0 aliphatic carbocycles. The van der Waals surface area contributed by atoms with Gasteiger partial charge in [-0.1, -0.05) is 44.0 Å². The summed E-state index contributed by atoms with van der Waals surface area (Å²) in [6.45, 7) is 4.64. The molecule has 0 bridgehead atoms. The van der Waals surface area contributed by atoms with E-state index in [2.05, 4.69) is 28.2 Å².